The van der Waals surface area contributed by atoms with Gasteiger partial charge < -0.3 is 0 Å². The standard InChI is InChI=1S/C6H8F4S2/c1-2-3-12-5(11)6(9,10)4(7)8/h4H,2-3H2,1H3. The molecule has 0 rings (SSSR count). The van der Waals surface area contributed by atoms with E-state index >= 15 is 0 Å². The first-order valence-corrected chi connectivity index (χ1v) is 4.65. The average molecular weight is 220 g/mol. The van der Waals surface area contributed by atoms with E-state index in [1.54, 1.807) is 6.92 Å². The van der Waals surface area contributed by atoms with Crippen molar-refractivity contribution in [2.45, 2.75) is 25.7 Å². The normalized spacial score (nSPS) is 12.2. The molecule has 0 N–H and O–H groups in total. The van der Waals surface area contributed by atoms with Crippen molar-refractivity contribution < 1.29 is 17.6 Å². The second-order valence-corrected chi connectivity index (χ2v) is 3.83. The van der Waals surface area contributed by atoms with Crippen molar-refractivity contribution in [2.75, 3.05) is 5.75 Å². The lowest BCUT2D eigenvalue weighted by atomic mass is 10.4. The highest BCUT2D eigenvalue weighted by Gasteiger charge is 2.45. The number of alkyl halides is 4. The van der Waals surface area contributed by atoms with Crippen LogP contribution in [0.5, 0.6) is 0 Å². The van der Waals surface area contributed by atoms with Crippen LogP contribution >= 0.6 is 24.0 Å². The minimum absolute atomic E-state index is 0.348. The van der Waals surface area contributed by atoms with Gasteiger partial charge in [-0.15, -0.1) is 11.8 Å². The molecular formula is C6H8F4S2. The fourth-order valence-corrected chi connectivity index (χ4v) is 1.39. The van der Waals surface area contributed by atoms with Crippen LogP contribution in [0.3, 0.4) is 0 Å². The highest BCUT2D eigenvalue weighted by Crippen LogP contribution is 2.30. The highest BCUT2D eigenvalue weighted by atomic mass is 32.2. The van der Waals surface area contributed by atoms with Crippen LogP contribution in [-0.4, -0.2) is 22.3 Å². The molecule has 0 aromatic rings. The van der Waals surface area contributed by atoms with Gasteiger partial charge in [-0.05, 0) is 12.2 Å². The third kappa shape index (κ3) is 3.26. The van der Waals surface area contributed by atoms with Gasteiger partial charge in [-0.1, -0.05) is 19.1 Å². The van der Waals surface area contributed by atoms with Gasteiger partial charge in [0.15, 0.2) is 0 Å². The first-order chi connectivity index (χ1) is 5.42. The molecule has 0 aromatic carbocycles. The molecule has 0 radical (unpaired) electrons. The molecule has 0 nitrogen and oxygen atoms in total. The van der Waals surface area contributed by atoms with E-state index in [1.165, 1.54) is 0 Å². The van der Waals surface area contributed by atoms with Gasteiger partial charge in [-0.2, -0.15) is 8.78 Å². The molecule has 0 heterocycles. The van der Waals surface area contributed by atoms with Crippen LogP contribution < -0.4 is 0 Å². The van der Waals surface area contributed by atoms with Crippen molar-refractivity contribution in [2.24, 2.45) is 0 Å². The molecule has 0 saturated heterocycles. The number of hydrogen-bond donors (Lipinski definition) is 0. The summed E-state index contributed by atoms with van der Waals surface area (Å²) in [5.74, 6) is -3.78. The summed E-state index contributed by atoms with van der Waals surface area (Å²) in [4.78, 5) is 0. The predicted octanol–water partition coefficient (Wildman–Crippen LogP) is 3.36. The summed E-state index contributed by atoms with van der Waals surface area (Å²) in [5, 5.41) is 0. The second-order valence-electron chi connectivity index (χ2n) is 2.06. The molecule has 0 atom stereocenters. The molecule has 0 spiro atoms. The molecule has 12 heavy (non-hydrogen) atoms. The van der Waals surface area contributed by atoms with Crippen LogP contribution in [0.15, 0.2) is 0 Å². The smallest absolute Gasteiger partial charge is 0.203 e. The first kappa shape index (κ1) is 12.2. The summed E-state index contributed by atoms with van der Waals surface area (Å²) in [6, 6.07) is 0. The zero-order valence-electron chi connectivity index (χ0n) is 6.32. The van der Waals surface area contributed by atoms with Crippen molar-refractivity contribution in [3.8, 4) is 0 Å². The monoisotopic (exact) mass is 220 g/mol. The van der Waals surface area contributed by atoms with Crippen molar-refractivity contribution in [1.82, 2.24) is 0 Å². The Hall–Kier alpha value is 0.160. The van der Waals surface area contributed by atoms with Gasteiger partial charge in [-0.25, -0.2) is 8.78 Å². The summed E-state index contributed by atoms with van der Waals surface area (Å²) in [6.07, 6.45) is -3.07. The lowest BCUT2D eigenvalue weighted by molar-refractivity contribution is -0.0710. The van der Waals surface area contributed by atoms with Crippen LogP contribution in [0, 0.1) is 0 Å². The Morgan fingerprint density at radius 1 is 1.50 bits per heavy atom. The van der Waals surface area contributed by atoms with Crippen molar-refractivity contribution in [1.29, 1.82) is 0 Å². The van der Waals surface area contributed by atoms with Crippen molar-refractivity contribution >= 4 is 28.2 Å². The van der Waals surface area contributed by atoms with Crippen LogP contribution in [0.2, 0.25) is 0 Å². The van der Waals surface area contributed by atoms with Gasteiger partial charge >= 0.3 is 12.3 Å². The topological polar surface area (TPSA) is 0 Å². The van der Waals surface area contributed by atoms with Gasteiger partial charge in [-0.3, -0.25) is 0 Å². The third-order valence-corrected chi connectivity index (χ3v) is 2.76. The summed E-state index contributed by atoms with van der Waals surface area (Å²) in [5.41, 5.74) is 0. The summed E-state index contributed by atoms with van der Waals surface area (Å²) in [7, 11) is 0. The largest absolute Gasteiger partial charge is 0.348 e. The Kier molecular flexibility index (Phi) is 5.08. The van der Waals surface area contributed by atoms with Crippen molar-refractivity contribution in [3.63, 3.8) is 0 Å². The molecule has 6 heteroatoms. The highest BCUT2D eigenvalue weighted by molar-refractivity contribution is 8.23. The zero-order chi connectivity index (χ0) is 9.78. The van der Waals surface area contributed by atoms with Crippen molar-refractivity contribution in [3.05, 3.63) is 0 Å². The lowest BCUT2D eigenvalue weighted by Gasteiger charge is -2.15. The molecule has 0 aliphatic heterocycles. The maximum absolute atomic E-state index is 12.4. The molecule has 0 amide bonds. The molecule has 0 aliphatic carbocycles. The minimum atomic E-state index is -4.13. The maximum atomic E-state index is 12.4. The number of thiocarbonyl (C=S) groups is 1. The van der Waals surface area contributed by atoms with E-state index in [1.807, 2.05) is 0 Å². The Balaban J connectivity index is 4.07. The van der Waals surface area contributed by atoms with E-state index in [4.69, 9.17) is 0 Å². The SMILES string of the molecule is CCCSC(=S)C(F)(F)C(F)F. The Morgan fingerprint density at radius 2 is 2.00 bits per heavy atom. The van der Waals surface area contributed by atoms with Crippen LogP contribution in [-0.2, 0) is 0 Å². The maximum Gasteiger partial charge on any atom is 0.348 e. The van der Waals surface area contributed by atoms with Crippen LogP contribution in [0.25, 0.3) is 0 Å². The minimum Gasteiger partial charge on any atom is -0.203 e. The molecule has 0 aliphatic rings. The number of thioether (sulfide) groups is 1. The second kappa shape index (κ2) is 5.01. The molecule has 0 unspecified atom stereocenters. The number of halogens is 4. The van der Waals surface area contributed by atoms with Crippen LogP contribution in [0.4, 0.5) is 17.6 Å². The van der Waals surface area contributed by atoms with E-state index in [9.17, 15) is 17.6 Å². The van der Waals surface area contributed by atoms with Gasteiger partial charge in [0.1, 0.15) is 4.20 Å². The molecular weight excluding hydrogens is 212 g/mol. The van der Waals surface area contributed by atoms with E-state index in [0.29, 0.717) is 23.9 Å². The fraction of sp³-hybridized carbons (Fsp3) is 0.833. The summed E-state index contributed by atoms with van der Waals surface area (Å²) >= 11 is 4.78. The molecule has 72 valence electrons. The Labute approximate surface area is 77.7 Å². The quantitative estimate of drug-likeness (QED) is 0.526. The summed E-state index contributed by atoms with van der Waals surface area (Å²) in [6.45, 7) is 1.76. The van der Waals surface area contributed by atoms with E-state index < -0.39 is 16.5 Å². The molecule has 0 aromatic heterocycles. The van der Waals surface area contributed by atoms with Gasteiger partial charge in [0.05, 0.1) is 0 Å². The number of rotatable bonds is 4. The van der Waals surface area contributed by atoms with Gasteiger partial charge in [0.2, 0.25) is 0 Å². The average Bonchev–Trinajstić information content (AvgIpc) is 1.99. The Bertz CT molecular complexity index is 158. The molecule has 0 bridgehead atoms. The molecule has 0 fully saturated rings. The number of hydrogen-bond acceptors (Lipinski definition) is 2. The lowest BCUT2D eigenvalue weighted by Crippen LogP contribution is -2.33. The first-order valence-electron chi connectivity index (χ1n) is 3.26. The van der Waals surface area contributed by atoms with Gasteiger partial charge in [0, 0.05) is 0 Å². The van der Waals surface area contributed by atoms with Gasteiger partial charge in [0.25, 0.3) is 0 Å². The zero-order valence-corrected chi connectivity index (χ0v) is 7.95. The fourth-order valence-electron chi connectivity index (χ4n) is 0.380. The molecule has 0 saturated carbocycles. The van der Waals surface area contributed by atoms with Crippen LogP contribution in [0.1, 0.15) is 13.3 Å². The third-order valence-electron chi connectivity index (χ3n) is 0.984. The van der Waals surface area contributed by atoms with E-state index in [2.05, 4.69) is 12.2 Å². The predicted molar refractivity (Wildman–Crippen MR) is 46.3 cm³/mol. The van der Waals surface area contributed by atoms with E-state index in [0.717, 1.165) is 0 Å². The Morgan fingerprint density at radius 3 is 2.33 bits per heavy atom. The van der Waals surface area contributed by atoms with E-state index in [-0.39, 0.29) is 0 Å². The summed E-state index contributed by atoms with van der Waals surface area (Å²) < 4.78 is 47.1.